The van der Waals surface area contributed by atoms with E-state index >= 15 is 0 Å². The predicted molar refractivity (Wildman–Crippen MR) is 133 cm³/mol. The molecule has 0 aromatic heterocycles. The van der Waals surface area contributed by atoms with Crippen LogP contribution in [0, 0.1) is 0 Å². The second kappa shape index (κ2) is 14.8. The van der Waals surface area contributed by atoms with Crippen molar-refractivity contribution in [3.63, 3.8) is 0 Å². The molecule has 1 saturated heterocycles. The molecule has 3 N–H and O–H groups in total. The summed E-state index contributed by atoms with van der Waals surface area (Å²) in [6.07, 6.45) is 1.88. The zero-order valence-corrected chi connectivity index (χ0v) is 21.0. The Bertz CT molecular complexity index is 622. The van der Waals surface area contributed by atoms with E-state index in [2.05, 4.69) is 39.6 Å². The van der Waals surface area contributed by atoms with E-state index < -0.39 is 5.60 Å². The molecule has 172 valence electrons. The number of ether oxygens (including phenoxy) is 2. The molecule has 1 aromatic rings. The summed E-state index contributed by atoms with van der Waals surface area (Å²) in [6, 6.07) is 8.23. The van der Waals surface area contributed by atoms with E-state index in [1.807, 2.05) is 26.0 Å². The van der Waals surface area contributed by atoms with Gasteiger partial charge in [-0.15, -0.1) is 24.0 Å². The molecule has 0 aliphatic carbocycles. The Morgan fingerprint density at radius 3 is 2.73 bits per heavy atom. The van der Waals surface area contributed by atoms with Crippen molar-refractivity contribution < 1.29 is 14.6 Å². The van der Waals surface area contributed by atoms with Gasteiger partial charge in [0.05, 0.1) is 32.0 Å². The molecule has 1 aliphatic heterocycles. The maximum absolute atomic E-state index is 10.7. The first-order valence-corrected chi connectivity index (χ1v) is 10.8. The number of nitrogens with one attached hydrogen (secondary N) is 2. The monoisotopic (exact) mass is 534 g/mol. The van der Waals surface area contributed by atoms with Gasteiger partial charge in [-0.3, -0.25) is 9.89 Å². The van der Waals surface area contributed by atoms with E-state index in [-0.39, 0.29) is 24.0 Å². The Morgan fingerprint density at radius 1 is 1.27 bits per heavy atom. The highest BCUT2D eigenvalue weighted by molar-refractivity contribution is 14.0. The minimum Gasteiger partial charge on any atom is -0.494 e. The fraction of sp³-hybridized carbons (Fsp3) is 0.682. The summed E-state index contributed by atoms with van der Waals surface area (Å²) in [7, 11) is 0. The first kappa shape index (κ1) is 26.9. The summed E-state index contributed by atoms with van der Waals surface area (Å²) in [6.45, 7) is 12.4. The Kier molecular flexibility index (Phi) is 13.3. The molecule has 0 amide bonds. The summed E-state index contributed by atoms with van der Waals surface area (Å²) >= 11 is 0. The molecule has 1 fully saturated rings. The van der Waals surface area contributed by atoms with Gasteiger partial charge >= 0.3 is 0 Å². The summed E-state index contributed by atoms with van der Waals surface area (Å²) in [5, 5.41) is 17.3. The van der Waals surface area contributed by atoms with Crippen molar-refractivity contribution in [3.05, 3.63) is 29.8 Å². The van der Waals surface area contributed by atoms with Gasteiger partial charge in [0, 0.05) is 32.7 Å². The summed E-state index contributed by atoms with van der Waals surface area (Å²) in [5.41, 5.74) is 0.353. The van der Waals surface area contributed by atoms with Gasteiger partial charge in [0.1, 0.15) is 5.75 Å². The predicted octanol–water partition coefficient (Wildman–Crippen LogP) is 2.27. The second-order valence-electron chi connectivity index (χ2n) is 7.75. The van der Waals surface area contributed by atoms with E-state index in [4.69, 9.17) is 9.47 Å². The smallest absolute Gasteiger partial charge is 0.191 e. The number of guanidine groups is 1. The van der Waals surface area contributed by atoms with E-state index in [9.17, 15) is 5.11 Å². The van der Waals surface area contributed by atoms with Gasteiger partial charge in [-0.1, -0.05) is 19.1 Å². The molecular weight excluding hydrogens is 495 g/mol. The molecule has 1 heterocycles. The molecule has 1 aliphatic rings. The molecular formula is C22H39IN4O3. The van der Waals surface area contributed by atoms with Crippen molar-refractivity contribution in [1.29, 1.82) is 0 Å². The van der Waals surface area contributed by atoms with Crippen LogP contribution >= 0.6 is 24.0 Å². The van der Waals surface area contributed by atoms with Gasteiger partial charge in [-0.2, -0.15) is 0 Å². The summed E-state index contributed by atoms with van der Waals surface area (Å²) < 4.78 is 11.1. The lowest BCUT2D eigenvalue weighted by molar-refractivity contribution is -0.0179. The largest absolute Gasteiger partial charge is 0.494 e. The SMILES string of the molecule is CCCOc1cccc(CCNC(=NCC(C)(O)CN2CCOCC2)NCC)c1.I. The molecule has 7 nitrogen and oxygen atoms in total. The number of hydrogen-bond donors (Lipinski definition) is 3. The molecule has 0 bridgehead atoms. The second-order valence-corrected chi connectivity index (χ2v) is 7.75. The fourth-order valence-electron chi connectivity index (χ4n) is 3.22. The van der Waals surface area contributed by atoms with Gasteiger partial charge in [0.2, 0.25) is 0 Å². The third-order valence-corrected chi connectivity index (χ3v) is 4.67. The van der Waals surface area contributed by atoms with Gasteiger partial charge in [-0.25, -0.2) is 0 Å². The lowest BCUT2D eigenvalue weighted by Gasteiger charge is -2.33. The maximum atomic E-state index is 10.7. The van der Waals surface area contributed by atoms with Crippen LogP contribution < -0.4 is 15.4 Å². The summed E-state index contributed by atoms with van der Waals surface area (Å²) in [5.74, 6) is 1.65. The number of rotatable bonds is 11. The summed E-state index contributed by atoms with van der Waals surface area (Å²) in [4.78, 5) is 6.83. The van der Waals surface area contributed by atoms with E-state index in [1.54, 1.807) is 0 Å². The van der Waals surface area contributed by atoms with Crippen LogP contribution in [0.1, 0.15) is 32.8 Å². The third kappa shape index (κ3) is 10.8. The minimum atomic E-state index is -0.870. The number of β-amino-alcohol motifs (C(OH)–C–C–N with tert-alkyl or cyclic N) is 1. The maximum Gasteiger partial charge on any atom is 0.191 e. The Hall–Kier alpha value is -1.10. The first-order chi connectivity index (χ1) is 14.0. The average Bonchev–Trinajstić information content (AvgIpc) is 2.71. The first-order valence-electron chi connectivity index (χ1n) is 10.8. The molecule has 8 heteroatoms. The molecule has 0 radical (unpaired) electrons. The van der Waals surface area contributed by atoms with Crippen LogP contribution in [-0.4, -0.2) is 80.7 Å². The number of aliphatic hydroxyl groups is 1. The van der Waals surface area contributed by atoms with E-state index in [1.165, 1.54) is 5.56 Å². The number of nitrogens with zero attached hydrogens (tertiary/aromatic N) is 2. The van der Waals surface area contributed by atoms with Crippen molar-refractivity contribution in [2.75, 3.05) is 59.1 Å². The van der Waals surface area contributed by atoms with Crippen LogP contribution in [0.3, 0.4) is 0 Å². The zero-order chi connectivity index (χ0) is 21.0. The lowest BCUT2D eigenvalue weighted by Crippen LogP contribution is -2.48. The standard InChI is InChI=1S/C22H38N4O3.HI/c1-4-13-29-20-8-6-7-19(16-20)9-10-24-21(23-5-2)25-17-22(3,27)18-26-11-14-28-15-12-26;/h6-8,16,27H,4-5,9-15,17-18H2,1-3H3,(H2,23,24,25);1H. The molecule has 1 unspecified atom stereocenters. The zero-order valence-electron chi connectivity index (χ0n) is 18.7. The molecule has 30 heavy (non-hydrogen) atoms. The van der Waals surface area contributed by atoms with Crippen molar-refractivity contribution in [1.82, 2.24) is 15.5 Å². The molecule has 1 aromatic carbocycles. The van der Waals surface area contributed by atoms with E-state index in [0.29, 0.717) is 13.1 Å². The Balaban J connectivity index is 0.00000450. The van der Waals surface area contributed by atoms with Gasteiger partial charge in [-0.05, 0) is 44.4 Å². The van der Waals surface area contributed by atoms with Crippen LogP contribution in [0.15, 0.2) is 29.3 Å². The number of halogens is 1. The highest BCUT2D eigenvalue weighted by Crippen LogP contribution is 2.14. The minimum absolute atomic E-state index is 0. The lowest BCUT2D eigenvalue weighted by atomic mass is 10.1. The third-order valence-electron chi connectivity index (χ3n) is 4.67. The van der Waals surface area contributed by atoms with Crippen LogP contribution in [0.4, 0.5) is 0 Å². The Morgan fingerprint density at radius 2 is 2.03 bits per heavy atom. The topological polar surface area (TPSA) is 78.3 Å². The number of benzene rings is 1. The highest BCUT2D eigenvalue weighted by atomic mass is 127. The molecule has 1 atom stereocenters. The van der Waals surface area contributed by atoms with Crippen LogP contribution in [0.25, 0.3) is 0 Å². The van der Waals surface area contributed by atoms with Crippen LogP contribution in [0.2, 0.25) is 0 Å². The van der Waals surface area contributed by atoms with Crippen molar-refractivity contribution in [2.24, 2.45) is 4.99 Å². The van der Waals surface area contributed by atoms with Crippen LogP contribution in [-0.2, 0) is 11.2 Å². The van der Waals surface area contributed by atoms with Crippen molar-refractivity contribution in [2.45, 2.75) is 39.2 Å². The fourth-order valence-corrected chi connectivity index (χ4v) is 3.22. The average molecular weight is 534 g/mol. The molecule has 0 spiro atoms. The molecule has 0 saturated carbocycles. The number of aliphatic imine (C=N–C) groups is 1. The van der Waals surface area contributed by atoms with Crippen molar-refractivity contribution >= 4 is 29.9 Å². The van der Waals surface area contributed by atoms with Gasteiger partial charge in [0.25, 0.3) is 0 Å². The highest BCUT2D eigenvalue weighted by Gasteiger charge is 2.25. The quantitative estimate of drug-likeness (QED) is 0.230. The number of morpholine rings is 1. The number of hydrogen-bond acceptors (Lipinski definition) is 5. The van der Waals surface area contributed by atoms with Gasteiger partial charge in [0.15, 0.2) is 5.96 Å². The van der Waals surface area contributed by atoms with Crippen molar-refractivity contribution in [3.8, 4) is 5.75 Å². The Labute approximate surface area is 198 Å². The van der Waals surface area contributed by atoms with Crippen LogP contribution in [0.5, 0.6) is 5.75 Å². The molecule has 2 rings (SSSR count). The van der Waals surface area contributed by atoms with Gasteiger partial charge < -0.3 is 25.2 Å². The van der Waals surface area contributed by atoms with E-state index in [0.717, 1.165) is 70.6 Å². The normalized spacial score (nSPS) is 17.0.